The van der Waals surface area contributed by atoms with Gasteiger partial charge in [0.2, 0.25) is 0 Å². The third kappa shape index (κ3) is 3.73. The van der Waals surface area contributed by atoms with E-state index in [2.05, 4.69) is 37.2 Å². The predicted molar refractivity (Wildman–Crippen MR) is 84.0 cm³/mol. The van der Waals surface area contributed by atoms with Gasteiger partial charge < -0.3 is 14.8 Å². The lowest BCUT2D eigenvalue weighted by Gasteiger charge is -2.14. The normalized spacial score (nSPS) is 11.1. The second-order valence-electron chi connectivity index (χ2n) is 3.55. The Hall–Kier alpha value is -1.01. The van der Waals surface area contributed by atoms with Gasteiger partial charge in [-0.3, -0.25) is 0 Å². The first-order valence-corrected chi connectivity index (χ1v) is 7.40. The second kappa shape index (κ2) is 7.55. The van der Waals surface area contributed by atoms with Crippen LogP contribution in [0.15, 0.2) is 22.7 Å². The molecule has 0 spiro atoms. The Balaban J connectivity index is 3.44. The lowest BCUT2D eigenvalue weighted by Crippen LogP contribution is -2.07. The average molecular weight is 393 g/mol. The summed E-state index contributed by atoms with van der Waals surface area (Å²) in [6.45, 7) is 0. The van der Waals surface area contributed by atoms with E-state index < -0.39 is 0 Å². The first-order valence-electron chi connectivity index (χ1n) is 5.49. The third-order valence-corrected chi connectivity index (χ3v) is 3.48. The third-order valence-electron chi connectivity index (χ3n) is 2.54. The zero-order valence-corrected chi connectivity index (χ0v) is 14.1. The van der Waals surface area contributed by atoms with Gasteiger partial charge in [0.05, 0.1) is 24.3 Å². The molecular formula is C13H15Br2NO3. The van der Waals surface area contributed by atoms with Crippen LogP contribution < -0.4 is 10.1 Å². The molecule has 1 N–H and O–H groups in total. The maximum atomic E-state index is 11.9. The summed E-state index contributed by atoms with van der Waals surface area (Å²) in [5.74, 6) is 0.263. The van der Waals surface area contributed by atoms with Crippen molar-refractivity contribution in [2.45, 2.75) is 0 Å². The van der Waals surface area contributed by atoms with Crippen molar-refractivity contribution in [3.63, 3.8) is 0 Å². The van der Waals surface area contributed by atoms with Crippen LogP contribution in [0.2, 0.25) is 0 Å². The summed E-state index contributed by atoms with van der Waals surface area (Å²) in [5.41, 5.74) is 2.02. The summed E-state index contributed by atoms with van der Waals surface area (Å²) < 4.78 is 10.9. The molecule has 0 aliphatic rings. The topological polar surface area (TPSA) is 47.6 Å². The van der Waals surface area contributed by atoms with Crippen LogP contribution in [0, 0.1) is 0 Å². The van der Waals surface area contributed by atoms with Gasteiger partial charge in [0.1, 0.15) is 5.75 Å². The Kier molecular flexibility index (Phi) is 6.37. The molecule has 1 aromatic rings. The van der Waals surface area contributed by atoms with E-state index in [1.54, 1.807) is 26.3 Å². The van der Waals surface area contributed by atoms with Gasteiger partial charge >= 0.3 is 5.97 Å². The highest BCUT2D eigenvalue weighted by Crippen LogP contribution is 2.35. The van der Waals surface area contributed by atoms with Crippen LogP contribution in [0.1, 0.15) is 5.56 Å². The van der Waals surface area contributed by atoms with Crippen molar-refractivity contribution < 1.29 is 14.3 Å². The lowest BCUT2D eigenvalue weighted by molar-refractivity contribution is -0.133. The molecule has 4 nitrogen and oxygen atoms in total. The number of rotatable bonds is 5. The summed E-state index contributed by atoms with van der Waals surface area (Å²) in [6, 6.07) is 3.65. The standard InChI is InChI=1S/C13H15Br2NO3/c1-16-11-7-10(15)12(18-2)6-9(11)8(4-5-14)13(17)19-3/h4,6-7,16H,5H2,1-3H3/b8-4-. The number of hydrogen-bond acceptors (Lipinski definition) is 4. The number of carbonyl (C=O) groups is 1. The minimum atomic E-state index is -0.389. The zero-order valence-electron chi connectivity index (χ0n) is 10.9. The van der Waals surface area contributed by atoms with Crippen molar-refractivity contribution in [2.75, 3.05) is 31.9 Å². The van der Waals surface area contributed by atoms with Gasteiger partial charge in [0, 0.05) is 23.6 Å². The molecule has 0 bridgehead atoms. The fraction of sp³-hybridized carbons (Fsp3) is 0.308. The number of benzene rings is 1. The average Bonchev–Trinajstić information content (AvgIpc) is 2.43. The smallest absolute Gasteiger partial charge is 0.338 e. The van der Waals surface area contributed by atoms with E-state index in [1.165, 1.54) is 7.11 Å². The molecule has 0 saturated heterocycles. The van der Waals surface area contributed by atoms with E-state index in [9.17, 15) is 4.79 Å². The quantitative estimate of drug-likeness (QED) is 0.473. The molecule has 0 aliphatic carbocycles. The van der Waals surface area contributed by atoms with Crippen molar-refractivity contribution in [3.8, 4) is 5.75 Å². The monoisotopic (exact) mass is 391 g/mol. The summed E-state index contributed by atoms with van der Waals surface area (Å²) in [4.78, 5) is 11.9. The van der Waals surface area contributed by atoms with E-state index in [0.29, 0.717) is 16.7 Å². The maximum absolute atomic E-state index is 11.9. The number of carbonyl (C=O) groups excluding carboxylic acids is 1. The van der Waals surface area contributed by atoms with Gasteiger partial charge in [-0.15, -0.1) is 0 Å². The van der Waals surface area contributed by atoms with Gasteiger partial charge in [0.25, 0.3) is 0 Å². The summed E-state index contributed by atoms with van der Waals surface area (Å²) in [6.07, 6.45) is 1.76. The number of alkyl halides is 1. The molecular weight excluding hydrogens is 378 g/mol. The molecule has 0 unspecified atom stereocenters. The Bertz CT molecular complexity index is 501. The van der Waals surface area contributed by atoms with Crippen LogP contribution in [0.5, 0.6) is 5.75 Å². The van der Waals surface area contributed by atoms with Crippen LogP contribution in [-0.2, 0) is 9.53 Å². The van der Waals surface area contributed by atoms with E-state index >= 15 is 0 Å². The molecule has 19 heavy (non-hydrogen) atoms. The Morgan fingerprint density at radius 1 is 1.42 bits per heavy atom. The van der Waals surface area contributed by atoms with E-state index in [1.807, 2.05) is 6.07 Å². The highest BCUT2D eigenvalue weighted by atomic mass is 79.9. The first-order chi connectivity index (χ1) is 9.08. The molecule has 0 heterocycles. The summed E-state index contributed by atoms with van der Waals surface area (Å²) in [5, 5.41) is 3.61. The van der Waals surface area contributed by atoms with Crippen LogP contribution in [0.4, 0.5) is 5.69 Å². The zero-order chi connectivity index (χ0) is 14.4. The summed E-state index contributed by atoms with van der Waals surface area (Å²) >= 11 is 6.71. The number of esters is 1. The van der Waals surface area contributed by atoms with E-state index in [-0.39, 0.29) is 5.97 Å². The Labute approximate surface area is 129 Å². The molecule has 0 amide bonds. The van der Waals surface area contributed by atoms with Crippen LogP contribution in [0.25, 0.3) is 5.57 Å². The predicted octanol–water partition coefficient (Wildman–Crippen LogP) is 3.45. The number of anilines is 1. The number of hydrogen-bond donors (Lipinski definition) is 1. The molecule has 0 aromatic heterocycles. The molecule has 0 aliphatic heterocycles. The van der Waals surface area contributed by atoms with Gasteiger partial charge in [-0.2, -0.15) is 0 Å². The fourth-order valence-corrected chi connectivity index (χ4v) is 2.46. The molecule has 0 atom stereocenters. The number of halogens is 2. The van der Waals surface area contributed by atoms with E-state index in [4.69, 9.17) is 9.47 Å². The van der Waals surface area contributed by atoms with Crippen molar-refractivity contribution in [1.82, 2.24) is 0 Å². The Morgan fingerprint density at radius 2 is 2.11 bits per heavy atom. The van der Waals surface area contributed by atoms with Crippen molar-refractivity contribution in [1.29, 1.82) is 0 Å². The van der Waals surface area contributed by atoms with Crippen LogP contribution in [0.3, 0.4) is 0 Å². The van der Waals surface area contributed by atoms with Crippen molar-refractivity contribution in [3.05, 3.63) is 28.2 Å². The van der Waals surface area contributed by atoms with E-state index in [0.717, 1.165) is 15.7 Å². The SMILES string of the molecule is CNc1cc(Br)c(OC)cc1/C(=C/CBr)C(=O)OC. The lowest BCUT2D eigenvalue weighted by atomic mass is 10.0. The molecule has 104 valence electrons. The highest BCUT2D eigenvalue weighted by molar-refractivity contribution is 9.10. The minimum absolute atomic E-state index is 0.389. The molecule has 0 fully saturated rings. The molecule has 0 saturated carbocycles. The number of nitrogens with one attached hydrogen (secondary N) is 1. The van der Waals surface area contributed by atoms with Gasteiger partial charge in [-0.1, -0.05) is 22.0 Å². The second-order valence-corrected chi connectivity index (χ2v) is 5.05. The molecule has 6 heteroatoms. The molecule has 0 radical (unpaired) electrons. The van der Waals surface area contributed by atoms with Gasteiger partial charge in [-0.05, 0) is 28.1 Å². The largest absolute Gasteiger partial charge is 0.496 e. The number of ether oxygens (including phenoxy) is 2. The molecule has 1 rings (SSSR count). The van der Waals surface area contributed by atoms with Gasteiger partial charge in [0.15, 0.2) is 0 Å². The maximum Gasteiger partial charge on any atom is 0.338 e. The first kappa shape index (κ1) is 16.0. The van der Waals surface area contributed by atoms with Gasteiger partial charge in [-0.25, -0.2) is 4.79 Å². The highest BCUT2D eigenvalue weighted by Gasteiger charge is 2.18. The fourth-order valence-electron chi connectivity index (χ4n) is 1.63. The Morgan fingerprint density at radius 3 is 2.58 bits per heavy atom. The molecule has 1 aromatic carbocycles. The number of methoxy groups -OCH3 is 2. The number of allylic oxidation sites excluding steroid dienone is 1. The van der Waals surface area contributed by atoms with Crippen molar-refractivity contribution >= 4 is 49.1 Å². The van der Waals surface area contributed by atoms with Crippen molar-refractivity contribution in [2.24, 2.45) is 0 Å². The van der Waals surface area contributed by atoms with Crippen LogP contribution >= 0.6 is 31.9 Å². The minimum Gasteiger partial charge on any atom is -0.496 e. The summed E-state index contributed by atoms with van der Waals surface area (Å²) in [7, 11) is 4.73. The van der Waals surface area contributed by atoms with Crippen LogP contribution in [-0.4, -0.2) is 32.6 Å².